The Labute approximate surface area is 116 Å². The van der Waals surface area contributed by atoms with Gasteiger partial charge in [0.1, 0.15) is 0 Å². The van der Waals surface area contributed by atoms with Crippen LogP contribution < -0.4 is 5.73 Å². The number of fused-ring (bicyclic) bond motifs is 1. The van der Waals surface area contributed by atoms with Crippen molar-refractivity contribution in [3.8, 4) is 0 Å². The molecule has 0 bridgehead atoms. The summed E-state index contributed by atoms with van der Waals surface area (Å²) in [4.78, 5) is 30.0. The lowest BCUT2D eigenvalue weighted by molar-refractivity contribution is 0.0595. The summed E-state index contributed by atoms with van der Waals surface area (Å²) in [5, 5.41) is 0. The number of amides is 2. The lowest BCUT2D eigenvalue weighted by atomic mass is 10.1. The minimum Gasteiger partial charge on any atom is -0.398 e. The number of aromatic nitrogens is 1. The molecule has 1 aromatic heterocycles. The molecule has 100 valence electrons. The van der Waals surface area contributed by atoms with E-state index in [1.165, 1.54) is 4.90 Å². The molecule has 0 fully saturated rings. The van der Waals surface area contributed by atoms with Crippen molar-refractivity contribution in [2.75, 3.05) is 5.73 Å². The quantitative estimate of drug-likeness (QED) is 0.667. The Morgan fingerprint density at radius 3 is 2.45 bits per heavy atom. The first-order valence-corrected chi connectivity index (χ1v) is 6.27. The van der Waals surface area contributed by atoms with E-state index in [9.17, 15) is 9.59 Å². The van der Waals surface area contributed by atoms with Crippen LogP contribution in [-0.4, -0.2) is 21.7 Å². The van der Waals surface area contributed by atoms with Gasteiger partial charge in [0, 0.05) is 18.1 Å². The summed E-state index contributed by atoms with van der Waals surface area (Å²) < 4.78 is 0. The zero-order valence-electron chi connectivity index (χ0n) is 10.9. The maximum atomic E-state index is 12.5. The van der Waals surface area contributed by atoms with Gasteiger partial charge < -0.3 is 5.73 Å². The van der Waals surface area contributed by atoms with E-state index in [4.69, 9.17) is 5.73 Å². The Bertz CT molecular complexity index is 698. The molecule has 5 nitrogen and oxygen atoms in total. The molecule has 1 aliphatic heterocycles. The maximum absolute atomic E-state index is 12.5. The van der Waals surface area contributed by atoms with Gasteiger partial charge in [0.25, 0.3) is 11.8 Å². The second-order valence-electron chi connectivity index (χ2n) is 4.71. The number of hydrogen-bond donors (Lipinski definition) is 1. The van der Waals surface area contributed by atoms with Crippen LogP contribution in [-0.2, 0) is 0 Å². The Morgan fingerprint density at radius 1 is 1.10 bits per heavy atom. The van der Waals surface area contributed by atoms with Crippen LogP contribution in [0.3, 0.4) is 0 Å². The van der Waals surface area contributed by atoms with Gasteiger partial charge in [0.2, 0.25) is 0 Å². The van der Waals surface area contributed by atoms with Crippen molar-refractivity contribution in [3.05, 3.63) is 59.4 Å². The van der Waals surface area contributed by atoms with E-state index in [0.717, 1.165) is 5.56 Å². The summed E-state index contributed by atoms with van der Waals surface area (Å²) in [5.41, 5.74) is 7.68. The molecular formula is C15H13N3O2. The van der Waals surface area contributed by atoms with Crippen molar-refractivity contribution in [1.29, 1.82) is 0 Å². The van der Waals surface area contributed by atoms with Crippen LogP contribution in [0.5, 0.6) is 0 Å². The number of hydrogen-bond acceptors (Lipinski definition) is 4. The monoisotopic (exact) mass is 267 g/mol. The predicted octanol–water partition coefficient (Wildman–Crippen LogP) is 2.02. The van der Waals surface area contributed by atoms with Crippen molar-refractivity contribution < 1.29 is 9.59 Å². The molecule has 0 radical (unpaired) electrons. The molecule has 0 spiro atoms. The topological polar surface area (TPSA) is 76.3 Å². The molecule has 1 atom stereocenters. The molecule has 0 saturated carbocycles. The summed E-state index contributed by atoms with van der Waals surface area (Å²) in [6.07, 6.45) is 3.27. The number of imide groups is 1. The van der Waals surface area contributed by atoms with Crippen LogP contribution in [0.4, 0.5) is 5.69 Å². The Hall–Kier alpha value is -2.69. The highest BCUT2D eigenvalue weighted by molar-refractivity contribution is 6.23. The van der Waals surface area contributed by atoms with Gasteiger partial charge in [0.05, 0.1) is 17.2 Å². The van der Waals surface area contributed by atoms with E-state index in [1.54, 1.807) is 42.7 Å². The molecule has 0 saturated heterocycles. The van der Waals surface area contributed by atoms with Crippen LogP contribution >= 0.6 is 0 Å². The molecule has 0 aliphatic carbocycles. The molecule has 3 rings (SSSR count). The van der Waals surface area contributed by atoms with Crippen molar-refractivity contribution in [1.82, 2.24) is 9.88 Å². The van der Waals surface area contributed by atoms with Gasteiger partial charge in [-0.3, -0.25) is 19.5 Å². The maximum Gasteiger partial charge on any atom is 0.264 e. The van der Waals surface area contributed by atoms with Crippen LogP contribution in [0.2, 0.25) is 0 Å². The number of rotatable bonds is 2. The first-order valence-electron chi connectivity index (χ1n) is 6.27. The van der Waals surface area contributed by atoms with Crippen molar-refractivity contribution in [2.24, 2.45) is 0 Å². The van der Waals surface area contributed by atoms with Gasteiger partial charge in [-0.25, -0.2) is 0 Å². The Morgan fingerprint density at radius 2 is 1.80 bits per heavy atom. The second kappa shape index (κ2) is 4.45. The normalized spacial score (nSPS) is 15.3. The predicted molar refractivity (Wildman–Crippen MR) is 74.0 cm³/mol. The molecule has 1 aromatic carbocycles. The first kappa shape index (κ1) is 12.3. The van der Waals surface area contributed by atoms with Crippen molar-refractivity contribution >= 4 is 17.5 Å². The molecule has 1 aliphatic rings. The smallest absolute Gasteiger partial charge is 0.264 e. The fourth-order valence-corrected chi connectivity index (χ4v) is 2.47. The highest BCUT2D eigenvalue weighted by Gasteiger charge is 2.40. The van der Waals surface area contributed by atoms with Crippen molar-refractivity contribution in [3.63, 3.8) is 0 Å². The average Bonchev–Trinajstić information content (AvgIpc) is 2.72. The summed E-state index contributed by atoms with van der Waals surface area (Å²) in [7, 11) is 0. The van der Waals surface area contributed by atoms with Crippen LogP contribution in [0.15, 0.2) is 42.7 Å². The van der Waals surface area contributed by atoms with Gasteiger partial charge >= 0.3 is 0 Å². The van der Waals surface area contributed by atoms with Crippen molar-refractivity contribution in [2.45, 2.75) is 13.0 Å². The van der Waals surface area contributed by atoms with Gasteiger partial charge in [-0.1, -0.05) is 6.07 Å². The third kappa shape index (κ3) is 1.67. The van der Waals surface area contributed by atoms with Gasteiger partial charge in [-0.05, 0) is 36.8 Å². The third-order valence-corrected chi connectivity index (χ3v) is 3.55. The molecule has 5 heteroatoms. The average molecular weight is 267 g/mol. The summed E-state index contributed by atoms with van der Waals surface area (Å²) in [5.74, 6) is -0.644. The number of pyridine rings is 1. The van der Waals surface area contributed by atoms with Crippen LogP contribution in [0.1, 0.15) is 39.2 Å². The fraction of sp³-hybridized carbons (Fsp3) is 0.133. The van der Waals surface area contributed by atoms with E-state index in [0.29, 0.717) is 16.8 Å². The van der Waals surface area contributed by atoms with Crippen LogP contribution in [0.25, 0.3) is 0 Å². The lowest BCUT2D eigenvalue weighted by Gasteiger charge is -2.22. The zero-order chi connectivity index (χ0) is 14.3. The number of nitrogens with zero attached hydrogens (tertiary/aromatic N) is 2. The SMILES string of the molecule is CC(c1ccncc1)N1C(=O)c2cccc(N)c2C1=O. The molecule has 2 aromatic rings. The van der Waals surface area contributed by atoms with Gasteiger partial charge in [-0.15, -0.1) is 0 Å². The highest BCUT2D eigenvalue weighted by atomic mass is 16.2. The van der Waals surface area contributed by atoms with Gasteiger partial charge in [-0.2, -0.15) is 0 Å². The number of carbonyl (C=O) groups is 2. The minimum absolute atomic E-state index is 0.304. The summed E-state index contributed by atoms with van der Waals surface area (Å²) >= 11 is 0. The zero-order valence-corrected chi connectivity index (χ0v) is 10.9. The van der Waals surface area contributed by atoms with E-state index in [2.05, 4.69) is 4.98 Å². The summed E-state index contributed by atoms with van der Waals surface area (Å²) in [6.45, 7) is 1.81. The second-order valence-corrected chi connectivity index (χ2v) is 4.71. The van der Waals surface area contributed by atoms with E-state index in [-0.39, 0.29) is 17.9 Å². The standard InChI is InChI=1S/C15H13N3O2/c1-9(10-5-7-17-8-6-10)18-14(19)11-3-2-4-12(16)13(11)15(18)20/h2-9H,16H2,1H3. The highest BCUT2D eigenvalue weighted by Crippen LogP contribution is 2.33. The van der Waals surface area contributed by atoms with Crippen LogP contribution in [0, 0.1) is 0 Å². The molecule has 1 unspecified atom stereocenters. The molecule has 2 amide bonds. The largest absolute Gasteiger partial charge is 0.398 e. The number of anilines is 1. The summed E-state index contributed by atoms with van der Waals surface area (Å²) in [6, 6.07) is 8.16. The lowest BCUT2D eigenvalue weighted by Crippen LogP contribution is -2.32. The number of carbonyl (C=O) groups excluding carboxylic acids is 2. The number of nitrogen functional groups attached to an aromatic ring is 1. The molecule has 2 heterocycles. The number of nitrogens with two attached hydrogens (primary N) is 1. The minimum atomic E-state index is -0.357. The van der Waals surface area contributed by atoms with E-state index >= 15 is 0 Å². The third-order valence-electron chi connectivity index (χ3n) is 3.55. The fourth-order valence-electron chi connectivity index (χ4n) is 2.47. The van der Waals surface area contributed by atoms with E-state index in [1.807, 2.05) is 6.92 Å². The molecule has 2 N–H and O–H groups in total. The van der Waals surface area contributed by atoms with Gasteiger partial charge in [0.15, 0.2) is 0 Å². The number of benzene rings is 1. The Kier molecular flexibility index (Phi) is 2.75. The molecule has 20 heavy (non-hydrogen) atoms. The Balaban J connectivity index is 2.04. The first-order chi connectivity index (χ1) is 9.61. The molecular weight excluding hydrogens is 254 g/mol. The van der Waals surface area contributed by atoms with E-state index < -0.39 is 0 Å².